The highest BCUT2D eigenvalue weighted by atomic mass is 19.4. The molecule has 2 aliphatic carbocycles. The van der Waals surface area contributed by atoms with Crippen LogP contribution in [0.2, 0.25) is 0 Å². The number of aromatic nitrogens is 6. The van der Waals surface area contributed by atoms with Gasteiger partial charge in [-0.15, -0.1) is 0 Å². The van der Waals surface area contributed by atoms with Crippen LogP contribution in [0.5, 0.6) is 0 Å². The van der Waals surface area contributed by atoms with Gasteiger partial charge in [0.15, 0.2) is 5.65 Å². The first-order valence-corrected chi connectivity index (χ1v) is 12.0. The van der Waals surface area contributed by atoms with E-state index in [9.17, 15) is 13.2 Å². The first kappa shape index (κ1) is 22.5. The maximum Gasteiger partial charge on any atom is 0.395 e. The summed E-state index contributed by atoms with van der Waals surface area (Å²) in [6, 6.07) is 0.503. The van der Waals surface area contributed by atoms with Gasteiger partial charge >= 0.3 is 6.18 Å². The van der Waals surface area contributed by atoms with E-state index in [-0.39, 0.29) is 18.4 Å². The first-order valence-electron chi connectivity index (χ1n) is 12.0. The molecule has 0 bridgehead atoms. The molecule has 3 aliphatic rings. The average molecular weight is 488 g/mol. The van der Waals surface area contributed by atoms with Gasteiger partial charge in [0.1, 0.15) is 11.3 Å². The van der Waals surface area contributed by atoms with Gasteiger partial charge in [-0.25, -0.2) is 15.0 Å². The monoisotopic (exact) mass is 487 g/mol. The summed E-state index contributed by atoms with van der Waals surface area (Å²) >= 11 is 0. The molecule has 0 spiro atoms. The van der Waals surface area contributed by atoms with Gasteiger partial charge in [-0.1, -0.05) is 6.08 Å². The Hall–Kier alpha value is -2.95. The number of anilines is 1. The summed E-state index contributed by atoms with van der Waals surface area (Å²) in [4.78, 5) is 16.3. The minimum Gasteiger partial charge on any atom is -0.373 e. The van der Waals surface area contributed by atoms with Crippen molar-refractivity contribution in [3.05, 3.63) is 35.6 Å². The number of alkyl halides is 3. The van der Waals surface area contributed by atoms with Gasteiger partial charge in [0.05, 0.1) is 30.0 Å². The van der Waals surface area contributed by atoms with Crippen LogP contribution < -0.4 is 4.90 Å². The van der Waals surface area contributed by atoms with Crippen LogP contribution >= 0.6 is 0 Å². The second-order valence-corrected chi connectivity index (χ2v) is 10.1. The van der Waals surface area contributed by atoms with Crippen LogP contribution in [0.3, 0.4) is 0 Å². The third-order valence-electron chi connectivity index (χ3n) is 7.24. The summed E-state index contributed by atoms with van der Waals surface area (Å²) in [6.07, 6.45) is 4.57. The lowest BCUT2D eigenvalue weighted by Gasteiger charge is -2.30. The van der Waals surface area contributed by atoms with Crippen molar-refractivity contribution in [1.29, 1.82) is 0 Å². The third-order valence-corrected chi connectivity index (χ3v) is 7.24. The fraction of sp³-hybridized carbons (Fsp3) is 0.583. The molecule has 0 N–H and O–H groups in total. The van der Waals surface area contributed by atoms with Crippen molar-refractivity contribution in [3.8, 4) is 0 Å². The molecule has 1 saturated heterocycles. The van der Waals surface area contributed by atoms with Crippen molar-refractivity contribution >= 4 is 22.7 Å². The van der Waals surface area contributed by atoms with E-state index in [2.05, 4.69) is 16.3 Å². The van der Waals surface area contributed by atoms with Crippen LogP contribution in [0, 0.1) is 5.92 Å². The van der Waals surface area contributed by atoms with E-state index in [4.69, 9.17) is 14.7 Å². The SMILES string of the molecule is CN(C)c1nc2c(C3=CC(C(F)(F)F)C3)nc(C3CCOC(c4cnn(C5CC5)c4)C3)nc2n1C. The molecule has 1 aliphatic heterocycles. The van der Waals surface area contributed by atoms with Crippen LogP contribution in [0.4, 0.5) is 19.1 Å². The Morgan fingerprint density at radius 3 is 2.57 bits per heavy atom. The van der Waals surface area contributed by atoms with Crippen LogP contribution in [0.15, 0.2) is 18.5 Å². The van der Waals surface area contributed by atoms with E-state index < -0.39 is 12.1 Å². The lowest BCUT2D eigenvalue weighted by molar-refractivity contribution is -0.162. The van der Waals surface area contributed by atoms with Crippen LogP contribution in [-0.4, -0.2) is 56.2 Å². The summed E-state index contributed by atoms with van der Waals surface area (Å²) in [5.74, 6) is -0.0891. The normalized spacial score (nSPS) is 25.0. The fourth-order valence-corrected chi connectivity index (χ4v) is 5.03. The zero-order valence-electron chi connectivity index (χ0n) is 20.0. The molecule has 3 unspecified atom stereocenters. The van der Waals surface area contributed by atoms with E-state index in [1.807, 2.05) is 41.5 Å². The van der Waals surface area contributed by atoms with E-state index in [1.165, 1.54) is 6.08 Å². The molecular weight excluding hydrogens is 459 g/mol. The minimum absolute atomic E-state index is 0.0259. The lowest BCUT2D eigenvalue weighted by Crippen LogP contribution is -2.27. The van der Waals surface area contributed by atoms with Crippen molar-refractivity contribution in [2.24, 2.45) is 13.0 Å². The largest absolute Gasteiger partial charge is 0.395 e. The number of halogens is 3. The fourth-order valence-electron chi connectivity index (χ4n) is 5.03. The molecule has 186 valence electrons. The molecule has 8 nitrogen and oxygen atoms in total. The number of hydrogen-bond acceptors (Lipinski definition) is 6. The zero-order valence-corrected chi connectivity index (χ0v) is 20.0. The van der Waals surface area contributed by atoms with Crippen LogP contribution in [-0.2, 0) is 11.8 Å². The molecule has 3 atom stereocenters. The van der Waals surface area contributed by atoms with Gasteiger partial charge < -0.3 is 9.64 Å². The summed E-state index contributed by atoms with van der Waals surface area (Å²) < 4.78 is 49.5. The van der Waals surface area contributed by atoms with E-state index in [0.29, 0.717) is 53.3 Å². The molecule has 35 heavy (non-hydrogen) atoms. The Morgan fingerprint density at radius 2 is 1.89 bits per heavy atom. The van der Waals surface area contributed by atoms with Gasteiger partial charge in [0.2, 0.25) is 5.95 Å². The second kappa shape index (κ2) is 8.04. The smallest absolute Gasteiger partial charge is 0.373 e. The highest BCUT2D eigenvalue weighted by molar-refractivity contribution is 5.88. The Labute approximate surface area is 200 Å². The molecule has 0 aromatic carbocycles. The summed E-state index contributed by atoms with van der Waals surface area (Å²) in [5.41, 5.74) is 3.32. The second-order valence-electron chi connectivity index (χ2n) is 10.1. The molecule has 4 heterocycles. The topological polar surface area (TPSA) is 73.9 Å². The van der Waals surface area contributed by atoms with Gasteiger partial charge in [-0.3, -0.25) is 9.25 Å². The van der Waals surface area contributed by atoms with Crippen molar-refractivity contribution in [3.63, 3.8) is 0 Å². The number of imidazole rings is 1. The van der Waals surface area contributed by atoms with Gasteiger partial charge in [-0.05, 0) is 37.7 Å². The molecule has 1 saturated carbocycles. The number of ether oxygens (including phenoxy) is 1. The molecule has 0 radical (unpaired) electrons. The summed E-state index contributed by atoms with van der Waals surface area (Å²) in [7, 11) is 5.63. The van der Waals surface area contributed by atoms with Crippen LogP contribution in [0.25, 0.3) is 16.7 Å². The number of rotatable bonds is 5. The highest BCUT2D eigenvalue weighted by Crippen LogP contribution is 2.45. The summed E-state index contributed by atoms with van der Waals surface area (Å²) in [6.45, 7) is 0.563. The van der Waals surface area contributed by atoms with Gasteiger partial charge in [0, 0.05) is 45.4 Å². The van der Waals surface area contributed by atoms with Crippen molar-refractivity contribution in [2.45, 2.75) is 56.3 Å². The van der Waals surface area contributed by atoms with Gasteiger partial charge in [-0.2, -0.15) is 18.3 Å². The standard InChI is InChI=1S/C24H28F3N7O/c1-32(2)23-30-20-19(14-8-16(9-14)24(25,26)27)29-21(31-22(20)33(23)3)13-6-7-35-18(10-13)15-11-28-34(12-15)17-4-5-17/h8,11-13,16-18H,4-7,9-10H2,1-3H3. The Balaban J connectivity index is 1.36. The number of allylic oxidation sites excluding steroid dienone is 2. The van der Waals surface area contributed by atoms with Crippen LogP contribution in [0.1, 0.15) is 67.2 Å². The quantitative estimate of drug-likeness (QED) is 0.525. The maximum absolute atomic E-state index is 13.2. The molecule has 3 aromatic heterocycles. The van der Waals surface area contributed by atoms with Gasteiger partial charge in [0.25, 0.3) is 0 Å². The number of hydrogen-bond donors (Lipinski definition) is 0. The van der Waals surface area contributed by atoms with Crippen molar-refractivity contribution in [1.82, 2.24) is 29.3 Å². The maximum atomic E-state index is 13.2. The molecular formula is C24H28F3N7O. The molecule has 6 rings (SSSR count). The van der Waals surface area contributed by atoms with E-state index >= 15 is 0 Å². The van der Waals surface area contributed by atoms with Crippen molar-refractivity contribution < 1.29 is 17.9 Å². The highest BCUT2D eigenvalue weighted by Gasteiger charge is 2.44. The van der Waals surface area contributed by atoms with Crippen molar-refractivity contribution in [2.75, 3.05) is 25.6 Å². The Kier molecular flexibility index (Phi) is 5.17. The number of aryl methyl sites for hydroxylation is 1. The Morgan fingerprint density at radius 1 is 1.11 bits per heavy atom. The summed E-state index contributed by atoms with van der Waals surface area (Å²) in [5, 5.41) is 4.50. The lowest BCUT2D eigenvalue weighted by atomic mass is 9.83. The molecule has 3 aromatic rings. The first-order chi connectivity index (χ1) is 16.7. The third kappa shape index (κ3) is 3.99. The zero-order chi connectivity index (χ0) is 24.5. The molecule has 0 amide bonds. The molecule has 11 heteroatoms. The average Bonchev–Trinajstić information content (AvgIpc) is 3.40. The molecule has 2 fully saturated rings. The number of fused-ring (bicyclic) bond motifs is 1. The predicted molar refractivity (Wildman–Crippen MR) is 124 cm³/mol. The van der Waals surface area contributed by atoms with E-state index in [0.717, 1.165) is 24.8 Å². The van der Waals surface area contributed by atoms with E-state index in [1.54, 1.807) is 0 Å². The Bertz CT molecular complexity index is 1300. The predicted octanol–water partition coefficient (Wildman–Crippen LogP) is 4.56. The number of nitrogens with zero attached hydrogens (tertiary/aromatic N) is 7. The minimum atomic E-state index is -4.24.